The Hall–Kier alpha value is -2.43. The highest BCUT2D eigenvalue weighted by molar-refractivity contribution is 5.86. The number of anilines is 1. The normalized spacial score (nSPS) is 24.5. The Morgan fingerprint density at radius 2 is 2.00 bits per heavy atom. The Labute approximate surface area is 160 Å². The van der Waals surface area contributed by atoms with E-state index in [1.165, 1.54) is 0 Å². The lowest BCUT2D eigenvalue weighted by atomic mass is 9.78. The minimum absolute atomic E-state index is 0.269. The fourth-order valence-electron chi connectivity index (χ4n) is 3.55. The van der Waals surface area contributed by atoms with E-state index in [4.69, 9.17) is 14.6 Å². The highest BCUT2D eigenvalue weighted by Crippen LogP contribution is 2.45. The van der Waals surface area contributed by atoms with Crippen LogP contribution in [0.2, 0.25) is 0 Å². The number of amides is 1. The molecule has 28 heavy (non-hydrogen) atoms. The van der Waals surface area contributed by atoms with Crippen LogP contribution in [0.5, 0.6) is 0 Å². The number of carboxylic acids is 1. The molecule has 2 fully saturated rings. The fraction of sp³-hybridized carbons (Fsp3) is 0.647. The third-order valence-corrected chi connectivity index (χ3v) is 5.09. The number of aliphatic carboxylic acids is 1. The van der Waals surface area contributed by atoms with E-state index in [-0.39, 0.29) is 11.3 Å². The van der Waals surface area contributed by atoms with Crippen molar-refractivity contribution in [2.24, 2.45) is 11.3 Å². The first kappa shape index (κ1) is 21.9. The van der Waals surface area contributed by atoms with Gasteiger partial charge >= 0.3 is 12.1 Å². The zero-order valence-corrected chi connectivity index (χ0v) is 15.6. The maximum absolute atomic E-state index is 12.8. The van der Waals surface area contributed by atoms with Crippen molar-refractivity contribution in [3.63, 3.8) is 0 Å². The van der Waals surface area contributed by atoms with Gasteiger partial charge in [-0.25, -0.2) is 14.8 Å². The molecule has 156 valence electrons. The van der Waals surface area contributed by atoms with Gasteiger partial charge < -0.3 is 19.6 Å². The summed E-state index contributed by atoms with van der Waals surface area (Å²) >= 11 is 0. The summed E-state index contributed by atoms with van der Waals surface area (Å²) in [5.74, 6) is -1.44. The van der Waals surface area contributed by atoms with Gasteiger partial charge in [0.15, 0.2) is 0 Å². The van der Waals surface area contributed by atoms with Crippen molar-refractivity contribution in [1.82, 2.24) is 14.9 Å². The van der Waals surface area contributed by atoms with E-state index < -0.39 is 12.1 Å². The highest BCUT2D eigenvalue weighted by atomic mass is 19.4. The van der Waals surface area contributed by atoms with E-state index in [1.807, 2.05) is 11.0 Å². The monoisotopic (exact) mass is 404 g/mol. The van der Waals surface area contributed by atoms with Gasteiger partial charge in [-0.15, -0.1) is 0 Å². The van der Waals surface area contributed by atoms with Crippen LogP contribution in [0.25, 0.3) is 0 Å². The van der Waals surface area contributed by atoms with E-state index >= 15 is 0 Å². The van der Waals surface area contributed by atoms with Gasteiger partial charge in [-0.2, -0.15) is 13.2 Å². The Bertz CT molecular complexity index is 689. The lowest BCUT2D eigenvalue weighted by Crippen LogP contribution is -2.40. The van der Waals surface area contributed by atoms with E-state index in [0.29, 0.717) is 19.1 Å². The van der Waals surface area contributed by atoms with Crippen molar-refractivity contribution in [2.75, 3.05) is 44.8 Å². The number of carboxylic acid groups (broad SMARTS) is 1. The van der Waals surface area contributed by atoms with Crippen LogP contribution in [0.1, 0.15) is 13.3 Å². The molecule has 8 nitrogen and oxygen atoms in total. The molecule has 1 N–H and O–H groups in total. The van der Waals surface area contributed by atoms with Crippen LogP contribution in [-0.2, 0) is 14.3 Å². The summed E-state index contributed by atoms with van der Waals surface area (Å²) in [7, 11) is 1.67. The summed E-state index contributed by atoms with van der Waals surface area (Å²) in [4.78, 5) is 34.4. The Morgan fingerprint density at radius 3 is 2.54 bits per heavy atom. The maximum atomic E-state index is 12.8. The van der Waals surface area contributed by atoms with Crippen LogP contribution in [0.4, 0.5) is 19.1 Å². The summed E-state index contributed by atoms with van der Waals surface area (Å²) in [6.45, 7) is 5.85. The minimum Gasteiger partial charge on any atom is -0.475 e. The number of hydrogen-bond donors (Lipinski definition) is 1. The molecule has 2 atom stereocenters. The molecule has 1 amide bonds. The molecule has 1 aromatic rings. The lowest BCUT2D eigenvalue weighted by Gasteiger charge is -2.26. The predicted molar refractivity (Wildman–Crippen MR) is 92.6 cm³/mol. The largest absolute Gasteiger partial charge is 0.490 e. The summed E-state index contributed by atoms with van der Waals surface area (Å²) < 4.78 is 36.8. The first-order valence-corrected chi connectivity index (χ1v) is 8.72. The van der Waals surface area contributed by atoms with Crippen LogP contribution in [0, 0.1) is 11.3 Å². The van der Waals surface area contributed by atoms with Crippen LogP contribution >= 0.6 is 0 Å². The first-order chi connectivity index (χ1) is 13.1. The van der Waals surface area contributed by atoms with Crippen molar-refractivity contribution < 1.29 is 32.6 Å². The Kier molecular flexibility index (Phi) is 6.81. The van der Waals surface area contributed by atoms with Gasteiger partial charge in [-0.05, 0) is 18.4 Å². The second kappa shape index (κ2) is 8.72. The van der Waals surface area contributed by atoms with Crippen LogP contribution in [-0.4, -0.2) is 77.9 Å². The van der Waals surface area contributed by atoms with Crippen molar-refractivity contribution in [3.05, 3.63) is 18.5 Å². The number of likely N-dealkylation sites (tertiary alicyclic amines) is 1. The molecule has 2 aliphatic rings. The molecule has 0 radical (unpaired) electrons. The molecule has 3 heterocycles. The lowest BCUT2D eigenvalue weighted by molar-refractivity contribution is -0.192. The van der Waals surface area contributed by atoms with Gasteiger partial charge in [-0.1, -0.05) is 6.92 Å². The van der Waals surface area contributed by atoms with E-state index in [1.54, 1.807) is 19.5 Å². The molecule has 2 saturated heterocycles. The molecule has 2 aliphatic heterocycles. The fourth-order valence-corrected chi connectivity index (χ4v) is 3.55. The summed E-state index contributed by atoms with van der Waals surface area (Å²) in [6.07, 6.45) is -0.668. The van der Waals surface area contributed by atoms with Gasteiger partial charge in [0.2, 0.25) is 11.9 Å². The maximum Gasteiger partial charge on any atom is 0.490 e. The number of halogens is 3. The van der Waals surface area contributed by atoms with Gasteiger partial charge in [0, 0.05) is 45.7 Å². The number of ether oxygens (including phenoxy) is 1. The summed E-state index contributed by atoms with van der Waals surface area (Å²) in [5.41, 5.74) is -0.271. The third-order valence-electron chi connectivity index (χ3n) is 5.09. The second-order valence-corrected chi connectivity index (χ2v) is 6.82. The number of aromatic nitrogens is 2. The molecule has 0 aliphatic carbocycles. The molecule has 3 rings (SSSR count). The number of carbonyl (C=O) groups excluding carboxylic acids is 1. The summed E-state index contributed by atoms with van der Waals surface area (Å²) in [6, 6.07) is 1.81. The third kappa shape index (κ3) is 4.70. The smallest absolute Gasteiger partial charge is 0.475 e. The number of hydrogen-bond acceptors (Lipinski definition) is 6. The molecular weight excluding hydrogens is 381 g/mol. The highest BCUT2D eigenvalue weighted by Gasteiger charge is 2.55. The van der Waals surface area contributed by atoms with Crippen molar-refractivity contribution in [1.29, 1.82) is 0 Å². The standard InChI is InChI=1S/C15H22N4O2.C2HF3O2/c1-12-10-19(14-16-5-3-6-17-14)11-15(12)4-7-18(13(15)20)8-9-21-2;3-2(4,5)1(6)7/h3,5-6,12H,4,7-11H2,1-2H3;(H,6,7)/t12-,15-;/m1./s1. The minimum atomic E-state index is -5.08. The van der Waals surface area contributed by atoms with Crippen molar-refractivity contribution in [3.8, 4) is 0 Å². The molecule has 11 heteroatoms. The molecule has 0 saturated carbocycles. The topological polar surface area (TPSA) is 95.9 Å². The van der Waals surface area contributed by atoms with Gasteiger partial charge in [-0.3, -0.25) is 4.79 Å². The van der Waals surface area contributed by atoms with Crippen LogP contribution in [0.15, 0.2) is 18.5 Å². The van der Waals surface area contributed by atoms with E-state index in [9.17, 15) is 18.0 Å². The van der Waals surface area contributed by atoms with Gasteiger partial charge in [0.05, 0.1) is 12.0 Å². The number of methoxy groups -OCH3 is 1. The van der Waals surface area contributed by atoms with Crippen LogP contribution in [0.3, 0.4) is 0 Å². The predicted octanol–water partition coefficient (Wildman–Crippen LogP) is 1.43. The van der Waals surface area contributed by atoms with Gasteiger partial charge in [0.25, 0.3) is 0 Å². The Balaban J connectivity index is 0.000000345. The molecule has 1 spiro atoms. The average molecular weight is 404 g/mol. The Morgan fingerprint density at radius 1 is 1.39 bits per heavy atom. The van der Waals surface area contributed by atoms with E-state index in [0.717, 1.165) is 32.0 Å². The number of carbonyl (C=O) groups is 2. The van der Waals surface area contributed by atoms with Gasteiger partial charge in [0.1, 0.15) is 0 Å². The average Bonchev–Trinajstić information content (AvgIpc) is 3.15. The molecule has 1 aromatic heterocycles. The van der Waals surface area contributed by atoms with Crippen molar-refractivity contribution in [2.45, 2.75) is 19.5 Å². The molecule has 0 aromatic carbocycles. The zero-order chi connectivity index (χ0) is 20.9. The first-order valence-electron chi connectivity index (χ1n) is 8.72. The number of rotatable bonds is 4. The SMILES string of the molecule is COCCN1CC[C@]2(CN(c3ncccn3)C[C@H]2C)C1=O.O=C(O)C(F)(F)F. The number of nitrogens with zero attached hydrogens (tertiary/aromatic N) is 4. The number of alkyl halides is 3. The second-order valence-electron chi connectivity index (χ2n) is 6.82. The van der Waals surface area contributed by atoms with Crippen molar-refractivity contribution >= 4 is 17.8 Å². The molecular formula is C17H23F3N4O4. The van der Waals surface area contributed by atoms with E-state index in [2.05, 4.69) is 21.8 Å². The summed E-state index contributed by atoms with van der Waals surface area (Å²) in [5, 5.41) is 7.12. The zero-order valence-electron chi connectivity index (χ0n) is 15.6. The quantitative estimate of drug-likeness (QED) is 0.811. The van der Waals surface area contributed by atoms with Crippen LogP contribution < -0.4 is 4.90 Å². The molecule has 0 bridgehead atoms. The molecule has 0 unspecified atom stereocenters.